The topological polar surface area (TPSA) is 90.9 Å². The van der Waals surface area contributed by atoms with Gasteiger partial charge >= 0.3 is 0 Å². The normalized spacial score (nSPS) is 14.2. The molecule has 0 radical (unpaired) electrons. The molecule has 2 heterocycles. The van der Waals surface area contributed by atoms with Crippen molar-refractivity contribution in [3.63, 3.8) is 0 Å². The molecule has 0 aliphatic carbocycles. The quantitative estimate of drug-likeness (QED) is 0.416. The highest BCUT2D eigenvalue weighted by atomic mass is 19.1. The Morgan fingerprint density at radius 2 is 1.91 bits per heavy atom. The van der Waals surface area contributed by atoms with Crippen LogP contribution < -0.4 is 0 Å². The lowest BCUT2D eigenvalue weighted by molar-refractivity contribution is -0.0112. The third kappa shape index (κ3) is 4.81. The van der Waals surface area contributed by atoms with Gasteiger partial charge in [-0.3, -0.25) is 0 Å². The molecule has 0 saturated carbocycles. The average molecular weight is 454 g/mol. The van der Waals surface area contributed by atoms with Gasteiger partial charge in [0, 0.05) is 29.7 Å². The van der Waals surface area contributed by atoms with Crippen molar-refractivity contribution in [3.8, 4) is 11.3 Å². The van der Waals surface area contributed by atoms with Gasteiger partial charge in [0.05, 0.1) is 12.7 Å². The number of hydrogen-bond acceptors (Lipinski definition) is 6. The fourth-order valence-corrected chi connectivity index (χ4v) is 3.74. The van der Waals surface area contributed by atoms with Gasteiger partial charge in [-0.1, -0.05) is 37.3 Å². The molecule has 0 amide bonds. The van der Waals surface area contributed by atoms with Crippen LogP contribution in [0.2, 0.25) is 0 Å². The zero-order valence-electron chi connectivity index (χ0n) is 18.3. The third-order valence-electron chi connectivity index (χ3n) is 5.64. The standard InChI is InChI=1S/C23H24F2N6O2/c1-3-33-15-31-27-11-22(29-31)18-6-4-17(5-7-18)16(2)23(32,12-30-14-26-13-28-30)20-9-8-19(24)10-21(20)25/h4-11,13-14,16,32H,3,12,15H2,1-2H3. The molecule has 4 aromatic rings. The summed E-state index contributed by atoms with van der Waals surface area (Å²) in [5.41, 5.74) is 0.535. The molecule has 10 heteroatoms. The molecule has 0 aliphatic rings. The van der Waals surface area contributed by atoms with Gasteiger partial charge in [0.1, 0.15) is 35.6 Å². The lowest BCUT2D eigenvalue weighted by Crippen LogP contribution is -2.38. The van der Waals surface area contributed by atoms with E-state index in [0.717, 1.165) is 23.3 Å². The Hall–Kier alpha value is -3.50. The number of ether oxygens (including phenoxy) is 1. The minimum absolute atomic E-state index is 0.0187. The lowest BCUT2D eigenvalue weighted by atomic mass is 9.78. The van der Waals surface area contributed by atoms with Crippen LogP contribution in [-0.4, -0.2) is 41.5 Å². The number of halogens is 2. The summed E-state index contributed by atoms with van der Waals surface area (Å²) in [4.78, 5) is 5.36. The molecule has 0 aliphatic heterocycles. The summed E-state index contributed by atoms with van der Waals surface area (Å²) in [7, 11) is 0. The van der Waals surface area contributed by atoms with Gasteiger partial charge in [-0.2, -0.15) is 20.1 Å². The highest BCUT2D eigenvalue weighted by Gasteiger charge is 2.40. The fourth-order valence-electron chi connectivity index (χ4n) is 3.74. The van der Waals surface area contributed by atoms with Gasteiger partial charge in [0.2, 0.25) is 0 Å². The third-order valence-corrected chi connectivity index (χ3v) is 5.64. The van der Waals surface area contributed by atoms with Crippen LogP contribution in [0.15, 0.2) is 61.3 Å². The van der Waals surface area contributed by atoms with E-state index in [0.29, 0.717) is 12.3 Å². The Labute approximate surface area is 189 Å². The Morgan fingerprint density at radius 3 is 2.58 bits per heavy atom. The second-order valence-corrected chi connectivity index (χ2v) is 7.71. The van der Waals surface area contributed by atoms with Crippen molar-refractivity contribution in [2.45, 2.75) is 38.6 Å². The Balaban J connectivity index is 1.64. The van der Waals surface area contributed by atoms with E-state index in [9.17, 15) is 13.9 Å². The van der Waals surface area contributed by atoms with Crippen molar-refractivity contribution < 1.29 is 18.6 Å². The molecule has 0 fully saturated rings. The van der Waals surface area contributed by atoms with Crippen molar-refractivity contribution >= 4 is 0 Å². The number of hydrogen-bond donors (Lipinski definition) is 1. The van der Waals surface area contributed by atoms with Crippen LogP contribution in [0.4, 0.5) is 8.78 Å². The van der Waals surface area contributed by atoms with Crippen LogP contribution in [0, 0.1) is 11.6 Å². The highest BCUT2D eigenvalue weighted by molar-refractivity contribution is 5.58. The molecular weight excluding hydrogens is 430 g/mol. The van der Waals surface area contributed by atoms with E-state index in [4.69, 9.17) is 4.74 Å². The van der Waals surface area contributed by atoms with Crippen LogP contribution >= 0.6 is 0 Å². The molecule has 33 heavy (non-hydrogen) atoms. The number of nitrogens with zero attached hydrogens (tertiary/aromatic N) is 6. The van der Waals surface area contributed by atoms with Gasteiger partial charge in [-0.15, -0.1) is 0 Å². The number of aliphatic hydroxyl groups is 1. The van der Waals surface area contributed by atoms with Crippen LogP contribution in [0.25, 0.3) is 11.3 Å². The minimum Gasteiger partial charge on any atom is -0.382 e. The number of benzene rings is 2. The molecule has 172 valence electrons. The lowest BCUT2D eigenvalue weighted by Gasteiger charge is -2.35. The van der Waals surface area contributed by atoms with Gasteiger partial charge in [-0.25, -0.2) is 18.4 Å². The Morgan fingerprint density at radius 1 is 1.12 bits per heavy atom. The van der Waals surface area contributed by atoms with E-state index in [2.05, 4.69) is 20.3 Å². The largest absolute Gasteiger partial charge is 0.382 e. The first-order chi connectivity index (χ1) is 15.9. The molecule has 0 saturated heterocycles. The molecule has 0 spiro atoms. The first-order valence-electron chi connectivity index (χ1n) is 10.5. The van der Waals surface area contributed by atoms with Gasteiger partial charge < -0.3 is 9.84 Å². The molecule has 2 aromatic heterocycles. The first-order valence-corrected chi connectivity index (χ1v) is 10.5. The molecule has 2 unspecified atom stereocenters. The summed E-state index contributed by atoms with van der Waals surface area (Å²) in [5.74, 6) is -2.11. The van der Waals surface area contributed by atoms with Crippen LogP contribution in [0.1, 0.15) is 30.9 Å². The van der Waals surface area contributed by atoms with Crippen molar-refractivity contribution in [1.29, 1.82) is 0 Å². The number of aromatic nitrogens is 6. The average Bonchev–Trinajstić information content (AvgIpc) is 3.49. The van der Waals surface area contributed by atoms with Crippen molar-refractivity contribution in [3.05, 3.63) is 84.1 Å². The van der Waals surface area contributed by atoms with Gasteiger partial charge in [0.15, 0.2) is 6.73 Å². The summed E-state index contributed by atoms with van der Waals surface area (Å²) >= 11 is 0. The van der Waals surface area contributed by atoms with Gasteiger partial charge in [0.25, 0.3) is 0 Å². The molecule has 4 rings (SSSR count). The molecule has 0 bridgehead atoms. The maximum atomic E-state index is 14.8. The zero-order chi connectivity index (χ0) is 23.4. The maximum Gasteiger partial charge on any atom is 0.158 e. The van der Waals surface area contributed by atoms with Crippen LogP contribution in [0.5, 0.6) is 0 Å². The second-order valence-electron chi connectivity index (χ2n) is 7.71. The first kappa shape index (κ1) is 22.7. The van der Waals surface area contributed by atoms with Crippen LogP contribution in [0.3, 0.4) is 0 Å². The molecule has 1 N–H and O–H groups in total. The highest BCUT2D eigenvalue weighted by Crippen LogP contribution is 2.40. The van der Waals surface area contributed by atoms with Crippen molar-refractivity contribution in [2.75, 3.05) is 6.61 Å². The van der Waals surface area contributed by atoms with Crippen LogP contribution in [-0.2, 0) is 23.6 Å². The predicted octanol–water partition coefficient (Wildman–Crippen LogP) is 3.50. The van der Waals surface area contributed by atoms with E-state index < -0.39 is 23.2 Å². The van der Waals surface area contributed by atoms with E-state index in [1.807, 2.05) is 31.2 Å². The van der Waals surface area contributed by atoms with E-state index in [-0.39, 0.29) is 18.8 Å². The fraction of sp³-hybridized carbons (Fsp3) is 0.304. The molecular formula is C23H24F2N6O2. The summed E-state index contributed by atoms with van der Waals surface area (Å²) < 4.78 is 35.0. The minimum atomic E-state index is -1.71. The monoisotopic (exact) mass is 454 g/mol. The van der Waals surface area contributed by atoms with Crippen molar-refractivity contribution in [1.82, 2.24) is 29.8 Å². The van der Waals surface area contributed by atoms with E-state index in [1.165, 1.54) is 28.2 Å². The zero-order valence-corrected chi connectivity index (χ0v) is 18.3. The summed E-state index contributed by atoms with van der Waals surface area (Å²) in [5, 5.41) is 24.3. The van der Waals surface area contributed by atoms with Crippen molar-refractivity contribution in [2.24, 2.45) is 0 Å². The van der Waals surface area contributed by atoms with E-state index >= 15 is 0 Å². The molecule has 2 aromatic carbocycles. The smallest absolute Gasteiger partial charge is 0.158 e. The number of rotatable bonds is 9. The molecule has 8 nitrogen and oxygen atoms in total. The predicted molar refractivity (Wildman–Crippen MR) is 116 cm³/mol. The summed E-state index contributed by atoms with van der Waals surface area (Å²) in [6.07, 6.45) is 4.42. The second kappa shape index (κ2) is 9.55. The maximum absolute atomic E-state index is 14.8. The Kier molecular flexibility index (Phi) is 6.57. The van der Waals surface area contributed by atoms with Gasteiger partial charge in [-0.05, 0) is 18.6 Å². The SMILES string of the molecule is CCOCn1ncc(-c2ccc(C(C)C(O)(Cn3cncn3)c3ccc(F)cc3F)cc2)n1. The Bertz CT molecular complexity index is 1200. The molecule has 2 atom stereocenters. The summed E-state index contributed by atoms with van der Waals surface area (Å²) in [6, 6.07) is 10.6. The van der Waals surface area contributed by atoms with E-state index in [1.54, 1.807) is 13.1 Å². The summed E-state index contributed by atoms with van der Waals surface area (Å²) in [6.45, 7) is 4.45.